The van der Waals surface area contributed by atoms with E-state index < -0.39 is 16.2 Å². The average Bonchev–Trinajstić information content (AvgIpc) is 2.62. The molecule has 0 aliphatic carbocycles. The number of benzene rings is 2. The molecule has 0 bridgehead atoms. The summed E-state index contributed by atoms with van der Waals surface area (Å²) < 4.78 is 25.6. The van der Waals surface area contributed by atoms with Crippen LogP contribution in [0.25, 0.3) is 10.9 Å². The number of nitrogens with zero attached hydrogens (tertiary/aromatic N) is 3. The Bertz CT molecular complexity index is 1050. The highest BCUT2D eigenvalue weighted by Crippen LogP contribution is 2.31. The predicted molar refractivity (Wildman–Crippen MR) is 91.6 cm³/mol. The number of amides is 2. The quantitative estimate of drug-likeness (QED) is 0.719. The molecule has 0 saturated carbocycles. The van der Waals surface area contributed by atoms with Gasteiger partial charge >= 0.3 is 16.2 Å². The normalized spacial score (nSPS) is 16.1. The van der Waals surface area contributed by atoms with Crippen LogP contribution in [0.4, 0.5) is 10.5 Å². The summed E-state index contributed by atoms with van der Waals surface area (Å²) in [5.74, 6) is 0. The highest BCUT2D eigenvalue weighted by molar-refractivity contribution is 7.94. The summed E-state index contributed by atoms with van der Waals surface area (Å²) in [5.41, 5.74) is 1.57. The number of urea groups is 1. The van der Waals surface area contributed by atoms with Gasteiger partial charge in [-0.25, -0.2) is 9.63 Å². The molecule has 3 aromatic rings. The van der Waals surface area contributed by atoms with Gasteiger partial charge in [0.2, 0.25) is 0 Å². The molecule has 1 saturated heterocycles. The molecule has 0 radical (unpaired) electrons. The van der Waals surface area contributed by atoms with Crippen molar-refractivity contribution in [3.05, 3.63) is 72.4 Å². The number of aromatic nitrogens is 1. The number of hydrogen-bond acceptors (Lipinski definition) is 5. The summed E-state index contributed by atoms with van der Waals surface area (Å²) in [6.07, 6.45) is 0. The van der Waals surface area contributed by atoms with Crippen LogP contribution in [-0.2, 0) is 21.7 Å². The first-order chi connectivity index (χ1) is 12.1. The van der Waals surface area contributed by atoms with E-state index in [1.165, 1.54) is 12.1 Å². The van der Waals surface area contributed by atoms with Crippen molar-refractivity contribution >= 4 is 32.8 Å². The maximum absolute atomic E-state index is 12.3. The topological polar surface area (TPSA) is 79.8 Å². The molecule has 4 rings (SSSR count). The number of rotatable bonds is 4. The van der Waals surface area contributed by atoms with E-state index in [9.17, 15) is 13.2 Å². The Morgan fingerprint density at radius 2 is 1.64 bits per heavy atom. The second-order valence-corrected chi connectivity index (χ2v) is 6.98. The van der Waals surface area contributed by atoms with Gasteiger partial charge in [0, 0.05) is 5.39 Å². The standard InChI is InChI=1S/C17H13N3O4S/c21-17-19(15-7-2-1-3-8-15)25(22,23)20(17)24-12-14-11-10-13-6-4-5-9-16(13)18-14/h1-11H,12H2. The Balaban J connectivity index is 1.51. The van der Waals surface area contributed by atoms with E-state index in [2.05, 4.69) is 4.98 Å². The lowest BCUT2D eigenvalue weighted by Crippen LogP contribution is -2.63. The Hall–Kier alpha value is -2.97. The lowest BCUT2D eigenvalue weighted by Gasteiger charge is -2.38. The largest absolute Gasteiger partial charge is 0.379 e. The lowest BCUT2D eigenvalue weighted by atomic mass is 10.2. The van der Waals surface area contributed by atoms with E-state index in [4.69, 9.17) is 4.84 Å². The minimum absolute atomic E-state index is 0.127. The van der Waals surface area contributed by atoms with Crippen molar-refractivity contribution in [3.63, 3.8) is 0 Å². The number of pyridine rings is 1. The molecule has 25 heavy (non-hydrogen) atoms. The van der Waals surface area contributed by atoms with Crippen LogP contribution < -0.4 is 4.31 Å². The third kappa shape index (κ3) is 2.61. The van der Waals surface area contributed by atoms with Crippen LogP contribution in [0.3, 0.4) is 0 Å². The predicted octanol–water partition coefficient (Wildman–Crippen LogP) is 2.85. The zero-order valence-electron chi connectivity index (χ0n) is 12.9. The van der Waals surface area contributed by atoms with E-state index in [0.29, 0.717) is 14.5 Å². The Kier molecular flexibility index (Phi) is 3.63. The van der Waals surface area contributed by atoms with E-state index in [1.807, 2.05) is 30.3 Å². The second kappa shape index (κ2) is 5.83. The first-order valence-electron chi connectivity index (χ1n) is 7.49. The SMILES string of the molecule is O=C1N(OCc2ccc3ccccc3n2)S(=O)(=O)N1c1ccccc1. The number of hydroxylamine groups is 1. The molecule has 1 aliphatic heterocycles. The molecular formula is C17H13N3O4S. The molecule has 2 heterocycles. The van der Waals surface area contributed by atoms with Crippen LogP contribution in [-0.4, -0.2) is 23.9 Å². The van der Waals surface area contributed by atoms with Gasteiger partial charge in [-0.3, -0.25) is 4.98 Å². The average molecular weight is 355 g/mol. The summed E-state index contributed by atoms with van der Waals surface area (Å²) in [6, 6.07) is 18.5. The number of carbonyl (C=O) groups excluding carboxylic acids is 1. The van der Waals surface area contributed by atoms with Crippen LogP contribution >= 0.6 is 0 Å². The van der Waals surface area contributed by atoms with Gasteiger partial charge in [0.05, 0.1) is 16.9 Å². The van der Waals surface area contributed by atoms with Gasteiger partial charge in [-0.15, -0.1) is 0 Å². The first-order valence-corrected chi connectivity index (χ1v) is 8.89. The molecule has 0 spiro atoms. The van der Waals surface area contributed by atoms with Gasteiger partial charge in [0.25, 0.3) is 0 Å². The van der Waals surface area contributed by atoms with Crippen molar-refractivity contribution in [1.82, 2.24) is 9.45 Å². The minimum Gasteiger partial charge on any atom is -0.250 e. The van der Waals surface area contributed by atoms with Crippen molar-refractivity contribution in [2.24, 2.45) is 0 Å². The van der Waals surface area contributed by atoms with Crippen LogP contribution in [0.2, 0.25) is 0 Å². The van der Waals surface area contributed by atoms with E-state index in [1.54, 1.807) is 24.3 Å². The number of anilines is 1. The van der Waals surface area contributed by atoms with Crippen molar-refractivity contribution in [3.8, 4) is 0 Å². The maximum Gasteiger partial charge on any atom is 0.379 e. The van der Waals surface area contributed by atoms with Crippen LogP contribution in [0, 0.1) is 0 Å². The third-order valence-electron chi connectivity index (χ3n) is 3.75. The van der Waals surface area contributed by atoms with E-state index >= 15 is 0 Å². The lowest BCUT2D eigenvalue weighted by molar-refractivity contribution is -0.0675. The summed E-state index contributed by atoms with van der Waals surface area (Å²) in [4.78, 5) is 21.7. The molecule has 0 unspecified atom stereocenters. The monoisotopic (exact) mass is 355 g/mol. The molecule has 2 aromatic carbocycles. The second-order valence-electron chi connectivity index (χ2n) is 5.39. The zero-order valence-corrected chi connectivity index (χ0v) is 13.8. The zero-order chi connectivity index (χ0) is 17.4. The van der Waals surface area contributed by atoms with Gasteiger partial charge in [0.15, 0.2) is 0 Å². The molecule has 1 aliphatic rings. The molecule has 8 heteroatoms. The number of fused-ring (bicyclic) bond motifs is 1. The molecule has 1 fully saturated rings. The maximum atomic E-state index is 12.3. The molecule has 0 atom stereocenters. The Morgan fingerprint density at radius 1 is 0.920 bits per heavy atom. The number of para-hydroxylation sites is 2. The molecular weight excluding hydrogens is 342 g/mol. The van der Waals surface area contributed by atoms with Crippen molar-refractivity contribution in [2.45, 2.75) is 6.61 Å². The fourth-order valence-electron chi connectivity index (χ4n) is 2.56. The summed E-state index contributed by atoms with van der Waals surface area (Å²) in [7, 11) is -4.01. The summed E-state index contributed by atoms with van der Waals surface area (Å²) >= 11 is 0. The fourth-order valence-corrected chi connectivity index (χ4v) is 3.71. The third-order valence-corrected chi connectivity index (χ3v) is 5.26. The Labute approximate surface area is 144 Å². The Morgan fingerprint density at radius 3 is 2.40 bits per heavy atom. The van der Waals surface area contributed by atoms with Gasteiger partial charge in [0.1, 0.15) is 6.61 Å². The molecule has 126 valence electrons. The minimum atomic E-state index is -4.01. The smallest absolute Gasteiger partial charge is 0.250 e. The van der Waals surface area contributed by atoms with Crippen LogP contribution in [0.15, 0.2) is 66.7 Å². The fraction of sp³-hybridized carbons (Fsp3) is 0.0588. The van der Waals surface area contributed by atoms with E-state index in [0.717, 1.165) is 10.9 Å². The molecule has 2 amide bonds. The van der Waals surface area contributed by atoms with Crippen LogP contribution in [0.1, 0.15) is 5.69 Å². The first kappa shape index (κ1) is 15.6. The van der Waals surface area contributed by atoms with Gasteiger partial charge in [-0.05, 0) is 24.3 Å². The highest BCUT2D eigenvalue weighted by atomic mass is 32.2. The van der Waals surface area contributed by atoms with Crippen molar-refractivity contribution in [1.29, 1.82) is 0 Å². The van der Waals surface area contributed by atoms with Crippen molar-refractivity contribution < 1.29 is 18.0 Å². The van der Waals surface area contributed by atoms with Gasteiger partial charge in [-0.2, -0.15) is 12.7 Å². The molecule has 7 nitrogen and oxygen atoms in total. The molecule has 1 aromatic heterocycles. The summed E-state index contributed by atoms with van der Waals surface area (Å²) in [5, 5.41) is 0.967. The number of hydrogen-bond donors (Lipinski definition) is 0. The van der Waals surface area contributed by atoms with E-state index in [-0.39, 0.29) is 12.3 Å². The molecule has 0 N–H and O–H groups in total. The van der Waals surface area contributed by atoms with Crippen LogP contribution in [0.5, 0.6) is 0 Å². The van der Waals surface area contributed by atoms with Gasteiger partial charge in [-0.1, -0.05) is 46.9 Å². The number of carbonyl (C=O) groups is 1. The van der Waals surface area contributed by atoms with Crippen molar-refractivity contribution in [2.75, 3.05) is 4.31 Å². The highest BCUT2D eigenvalue weighted by Gasteiger charge is 2.52. The van der Waals surface area contributed by atoms with Gasteiger partial charge < -0.3 is 0 Å². The summed E-state index contributed by atoms with van der Waals surface area (Å²) in [6.45, 7) is -0.127.